The summed E-state index contributed by atoms with van der Waals surface area (Å²) in [7, 11) is 0. The van der Waals surface area contributed by atoms with Gasteiger partial charge in [0.15, 0.2) is 0 Å². The average molecular weight is 648 g/mol. The molecular weight excluding hydrogens is 598 g/mol. The number of esters is 1. The van der Waals surface area contributed by atoms with Gasteiger partial charge in [0.05, 0.1) is 30.7 Å². The van der Waals surface area contributed by atoms with E-state index in [1.54, 1.807) is 17.9 Å². The number of hydrogen-bond acceptors (Lipinski definition) is 7. The number of aliphatic hydroxyl groups excluding tert-OH is 1. The van der Waals surface area contributed by atoms with E-state index in [9.17, 15) is 24.3 Å². The Morgan fingerprint density at radius 2 is 1.77 bits per heavy atom. The van der Waals surface area contributed by atoms with Gasteiger partial charge in [-0.2, -0.15) is 0 Å². The van der Waals surface area contributed by atoms with Gasteiger partial charge >= 0.3 is 5.97 Å². The minimum Gasteiger partial charge on any atom is -0.455 e. The average Bonchev–Trinajstić information content (AvgIpc) is 3.45. The van der Waals surface area contributed by atoms with Gasteiger partial charge in [0, 0.05) is 19.0 Å². The predicted molar refractivity (Wildman–Crippen MR) is 175 cm³/mol. The van der Waals surface area contributed by atoms with Crippen molar-refractivity contribution in [2.75, 3.05) is 13.2 Å². The Bertz CT molecular complexity index is 1390. The van der Waals surface area contributed by atoms with Crippen molar-refractivity contribution in [1.82, 2.24) is 15.1 Å². The van der Waals surface area contributed by atoms with Gasteiger partial charge in [0.2, 0.25) is 17.7 Å². The SMILES string of the molecule is CC(C)C[C@H](CO)N1C(=O)[C@H]2[C@@H]3C(=O)O[C@@H](c4ccccc4)[C@H](C)NC(=O)CC/C=C\[C@@H]3O[C@]23C=CCN(C2CCCCC2)C(=O)[C@H]13. The summed E-state index contributed by atoms with van der Waals surface area (Å²) < 4.78 is 13.1. The summed E-state index contributed by atoms with van der Waals surface area (Å²) in [5.74, 6) is -3.28. The van der Waals surface area contributed by atoms with Crippen molar-refractivity contribution < 1.29 is 33.8 Å². The molecule has 5 aliphatic rings. The molecule has 1 spiro atoms. The summed E-state index contributed by atoms with van der Waals surface area (Å²) >= 11 is 0. The Hall–Kier alpha value is -3.50. The van der Waals surface area contributed by atoms with Crippen LogP contribution in [0.2, 0.25) is 0 Å². The van der Waals surface area contributed by atoms with E-state index in [2.05, 4.69) is 5.32 Å². The number of benzene rings is 1. The lowest BCUT2D eigenvalue weighted by atomic mass is 9.77. The van der Waals surface area contributed by atoms with E-state index in [-0.39, 0.29) is 42.7 Å². The third-order valence-corrected chi connectivity index (χ3v) is 10.7. The summed E-state index contributed by atoms with van der Waals surface area (Å²) in [5.41, 5.74) is -0.711. The quantitative estimate of drug-likeness (QED) is 0.355. The Morgan fingerprint density at radius 1 is 1.02 bits per heavy atom. The Kier molecular flexibility index (Phi) is 9.90. The predicted octanol–water partition coefficient (Wildman–Crippen LogP) is 3.84. The van der Waals surface area contributed by atoms with Gasteiger partial charge < -0.3 is 29.7 Å². The highest BCUT2D eigenvalue weighted by molar-refractivity contribution is 5.99. The highest BCUT2D eigenvalue weighted by Gasteiger charge is 2.72. The van der Waals surface area contributed by atoms with Crippen molar-refractivity contribution in [3.05, 3.63) is 60.2 Å². The molecule has 2 saturated heterocycles. The molecule has 1 aliphatic carbocycles. The molecule has 4 aliphatic heterocycles. The topological polar surface area (TPSA) is 125 Å². The summed E-state index contributed by atoms with van der Waals surface area (Å²) in [6.07, 6.45) is 11.8. The van der Waals surface area contributed by atoms with Crippen molar-refractivity contribution in [2.45, 2.75) is 114 Å². The summed E-state index contributed by atoms with van der Waals surface area (Å²) in [4.78, 5) is 60.4. The third kappa shape index (κ3) is 6.26. The molecule has 2 N–H and O–H groups in total. The number of ether oxygens (including phenoxy) is 2. The molecule has 254 valence electrons. The molecule has 0 unspecified atom stereocenters. The molecule has 10 nitrogen and oxygen atoms in total. The van der Waals surface area contributed by atoms with Crippen LogP contribution in [-0.2, 0) is 28.7 Å². The summed E-state index contributed by atoms with van der Waals surface area (Å²) in [5, 5.41) is 13.6. The van der Waals surface area contributed by atoms with Crippen LogP contribution in [0.15, 0.2) is 54.6 Å². The van der Waals surface area contributed by atoms with Gasteiger partial charge in [-0.25, -0.2) is 0 Å². The highest BCUT2D eigenvalue weighted by Crippen LogP contribution is 2.54. The minimum absolute atomic E-state index is 0.0577. The van der Waals surface area contributed by atoms with Crippen molar-refractivity contribution in [1.29, 1.82) is 0 Å². The standard InChI is InChI=1S/C37H49N3O7/c1-23(2)21-27(22-41)40-33-35(44)39(26-15-8-5-9-16-26)20-12-19-37(33)31(34(40)43)30-28(47-37)17-10-11-18-29(42)38-24(3)32(46-36(30)45)25-13-6-4-7-14-25/h4,6-7,10,12-14,17,19,23-24,26-28,30-33,41H,5,8-9,11,15-16,18,20-22H2,1-3H3,(H,38,42)/b17-10-/t24-,27+,28-,30+,31+,32+,33-,37+/m0/s1. The van der Waals surface area contributed by atoms with E-state index in [0.29, 0.717) is 24.9 Å². The lowest BCUT2D eigenvalue weighted by Crippen LogP contribution is -2.59. The molecule has 6 rings (SSSR count). The van der Waals surface area contributed by atoms with Crippen LogP contribution in [0.1, 0.15) is 83.8 Å². The van der Waals surface area contributed by atoms with Crippen molar-refractivity contribution in [2.24, 2.45) is 17.8 Å². The van der Waals surface area contributed by atoms with Crippen LogP contribution in [0.25, 0.3) is 0 Å². The van der Waals surface area contributed by atoms with Crippen LogP contribution in [-0.4, -0.2) is 87.6 Å². The van der Waals surface area contributed by atoms with Gasteiger partial charge in [-0.3, -0.25) is 19.2 Å². The Balaban J connectivity index is 1.45. The van der Waals surface area contributed by atoms with E-state index in [1.807, 2.05) is 67.3 Å². The van der Waals surface area contributed by atoms with E-state index in [4.69, 9.17) is 9.47 Å². The number of aliphatic hydroxyl groups is 1. The molecule has 0 bridgehead atoms. The molecule has 47 heavy (non-hydrogen) atoms. The van der Waals surface area contributed by atoms with E-state index >= 15 is 0 Å². The van der Waals surface area contributed by atoms with Crippen LogP contribution in [0.5, 0.6) is 0 Å². The number of carbonyl (C=O) groups excluding carboxylic acids is 4. The molecule has 3 fully saturated rings. The number of fused-ring (bicyclic) bond motifs is 2. The number of likely N-dealkylation sites (tertiary alicyclic amines) is 1. The zero-order valence-corrected chi connectivity index (χ0v) is 27.8. The van der Waals surface area contributed by atoms with Crippen LogP contribution < -0.4 is 5.32 Å². The maximum absolute atomic E-state index is 14.8. The number of hydrogen-bond donors (Lipinski definition) is 2. The summed E-state index contributed by atoms with van der Waals surface area (Å²) in [6, 6.07) is 7.12. The maximum Gasteiger partial charge on any atom is 0.313 e. The van der Waals surface area contributed by atoms with E-state index in [1.165, 1.54) is 0 Å². The zero-order chi connectivity index (χ0) is 33.3. The molecule has 8 atom stereocenters. The number of carbonyl (C=O) groups is 4. The second-order valence-corrected chi connectivity index (χ2v) is 14.3. The number of amides is 3. The fraction of sp³-hybridized carbons (Fsp3) is 0.622. The number of nitrogens with zero attached hydrogens (tertiary/aromatic N) is 2. The van der Waals surface area contributed by atoms with Crippen LogP contribution in [0.4, 0.5) is 0 Å². The largest absolute Gasteiger partial charge is 0.455 e. The van der Waals surface area contributed by atoms with Gasteiger partial charge in [-0.1, -0.05) is 87.7 Å². The monoisotopic (exact) mass is 647 g/mol. The smallest absolute Gasteiger partial charge is 0.313 e. The van der Waals surface area contributed by atoms with Gasteiger partial charge in [-0.15, -0.1) is 0 Å². The van der Waals surface area contributed by atoms with Crippen LogP contribution in [0.3, 0.4) is 0 Å². The molecule has 3 amide bonds. The first-order valence-electron chi connectivity index (χ1n) is 17.5. The fourth-order valence-corrected chi connectivity index (χ4v) is 8.60. The number of nitrogens with one attached hydrogen (secondary N) is 1. The second-order valence-electron chi connectivity index (χ2n) is 14.3. The van der Waals surface area contributed by atoms with E-state index in [0.717, 1.165) is 32.1 Å². The highest BCUT2D eigenvalue weighted by atomic mass is 16.6. The zero-order valence-electron chi connectivity index (χ0n) is 27.8. The van der Waals surface area contributed by atoms with Gasteiger partial charge in [0.1, 0.15) is 23.7 Å². The molecule has 4 heterocycles. The normalized spacial score (nSPS) is 34.8. The molecular formula is C37H49N3O7. The lowest BCUT2D eigenvalue weighted by Gasteiger charge is -2.41. The van der Waals surface area contributed by atoms with Gasteiger partial charge in [0.25, 0.3) is 0 Å². The van der Waals surface area contributed by atoms with Crippen molar-refractivity contribution in [3.8, 4) is 0 Å². The fourth-order valence-electron chi connectivity index (χ4n) is 8.60. The first kappa shape index (κ1) is 33.4. The number of rotatable bonds is 6. The first-order chi connectivity index (χ1) is 22.7. The Morgan fingerprint density at radius 3 is 2.47 bits per heavy atom. The second kappa shape index (κ2) is 13.9. The van der Waals surface area contributed by atoms with Crippen LogP contribution in [0, 0.1) is 17.8 Å². The molecule has 10 heteroatoms. The number of cyclic esters (lactones) is 1. The maximum atomic E-state index is 14.8. The molecule has 1 aromatic carbocycles. The minimum atomic E-state index is -1.43. The molecule has 1 aromatic rings. The van der Waals surface area contributed by atoms with E-state index < -0.39 is 53.7 Å². The van der Waals surface area contributed by atoms with Crippen molar-refractivity contribution in [3.63, 3.8) is 0 Å². The molecule has 1 saturated carbocycles. The third-order valence-electron chi connectivity index (χ3n) is 10.7. The Labute approximate surface area is 277 Å². The lowest BCUT2D eigenvalue weighted by molar-refractivity contribution is -0.162. The summed E-state index contributed by atoms with van der Waals surface area (Å²) in [6.45, 7) is 5.93. The van der Waals surface area contributed by atoms with Gasteiger partial charge in [-0.05, 0) is 44.1 Å². The number of allylic oxidation sites excluding steroid dienone is 1. The molecule has 0 radical (unpaired) electrons. The molecule has 0 aromatic heterocycles. The van der Waals surface area contributed by atoms with Crippen LogP contribution >= 0.6 is 0 Å². The first-order valence-corrected chi connectivity index (χ1v) is 17.5. The van der Waals surface area contributed by atoms with Crippen molar-refractivity contribution >= 4 is 23.7 Å².